The van der Waals surface area contributed by atoms with Gasteiger partial charge in [0.2, 0.25) is 0 Å². The second kappa shape index (κ2) is 11.4. The van der Waals surface area contributed by atoms with Crippen LogP contribution in [0, 0.1) is 0 Å². The van der Waals surface area contributed by atoms with Gasteiger partial charge in [-0.15, -0.1) is 0 Å². The standard InChI is InChI=1S/C20H32ClNO4/c1-6-8-11-20(4,25-12-7-2)19(23)22-16-9-10-18(17(21)13-16)26-15(3)14-24-5/h9-10,13,15H,6-8,11-12,14H2,1-5H3,(H,22,23)/t15-,20+/m0/s1. The van der Waals surface area contributed by atoms with E-state index in [1.807, 2.05) is 20.8 Å². The number of methoxy groups -OCH3 is 1. The molecule has 0 aliphatic carbocycles. The molecule has 0 bridgehead atoms. The minimum atomic E-state index is -0.847. The third-order valence-electron chi connectivity index (χ3n) is 4.03. The first-order valence-corrected chi connectivity index (χ1v) is 9.64. The predicted octanol–water partition coefficient (Wildman–Crippen LogP) is 5.07. The number of carbonyl (C=O) groups is 1. The van der Waals surface area contributed by atoms with Crippen LogP contribution in [0.5, 0.6) is 5.75 Å². The lowest BCUT2D eigenvalue weighted by molar-refractivity contribution is -0.140. The summed E-state index contributed by atoms with van der Waals surface area (Å²) in [6.07, 6.45) is 3.37. The number of benzene rings is 1. The molecule has 0 heterocycles. The summed E-state index contributed by atoms with van der Waals surface area (Å²) in [6.45, 7) is 8.90. The molecule has 0 spiro atoms. The number of nitrogens with one attached hydrogen (secondary N) is 1. The molecule has 5 nitrogen and oxygen atoms in total. The van der Waals surface area contributed by atoms with E-state index in [1.54, 1.807) is 25.3 Å². The SMILES string of the molecule is CCCC[C@@](C)(OCCC)C(=O)Nc1ccc(O[C@@H](C)COC)c(Cl)c1. The largest absolute Gasteiger partial charge is 0.487 e. The van der Waals surface area contributed by atoms with E-state index in [1.165, 1.54) is 0 Å². The van der Waals surface area contributed by atoms with Crippen LogP contribution in [-0.2, 0) is 14.3 Å². The first-order chi connectivity index (χ1) is 12.4. The molecular formula is C20H32ClNO4. The van der Waals surface area contributed by atoms with Crippen molar-refractivity contribution in [2.75, 3.05) is 25.6 Å². The first-order valence-electron chi connectivity index (χ1n) is 9.26. The second-order valence-corrected chi connectivity index (χ2v) is 7.07. The number of ether oxygens (including phenoxy) is 3. The first kappa shape index (κ1) is 22.7. The van der Waals surface area contributed by atoms with E-state index < -0.39 is 5.60 Å². The maximum absolute atomic E-state index is 12.8. The van der Waals surface area contributed by atoms with Crippen LogP contribution < -0.4 is 10.1 Å². The minimum Gasteiger partial charge on any atom is -0.487 e. The summed E-state index contributed by atoms with van der Waals surface area (Å²) in [5.41, 5.74) is -0.227. The maximum Gasteiger partial charge on any atom is 0.256 e. The molecule has 6 heteroatoms. The minimum absolute atomic E-state index is 0.113. The van der Waals surface area contributed by atoms with Crippen molar-refractivity contribution in [1.82, 2.24) is 0 Å². The smallest absolute Gasteiger partial charge is 0.256 e. The summed E-state index contributed by atoms with van der Waals surface area (Å²) in [6, 6.07) is 5.22. The van der Waals surface area contributed by atoms with Gasteiger partial charge in [0.05, 0.1) is 11.6 Å². The highest BCUT2D eigenvalue weighted by atomic mass is 35.5. The molecule has 0 aromatic heterocycles. The van der Waals surface area contributed by atoms with Crippen molar-refractivity contribution < 1.29 is 19.0 Å². The fourth-order valence-corrected chi connectivity index (χ4v) is 2.74. The second-order valence-electron chi connectivity index (χ2n) is 6.67. The highest BCUT2D eigenvalue weighted by molar-refractivity contribution is 6.32. The molecule has 0 unspecified atom stereocenters. The number of anilines is 1. The van der Waals surface area contributed by atoms with Crippen LogP contribution in [-0.4, -0.2) is 37.9 Å². The Morgan fingerprint density at radius 2 is 2.04 bits per heavy atom. The van der Waals surface area contributed by atoms with Crippen LogP contribution in [0.3, 0.4) is 0 Å². The monoisotopic (exact) mass is 385 g/mol. The van der Waals surface area contributed by atoms with Gasteiger partial charge in [-0.25, -0.2) is 0 Å². The highest BCUT2D eigenvalue weighted by Crippen LogP contribution is 2.30. The Hall–Kier alpha value is -1.30. The number of hydrogen-bond acceptors (Lipinski definition) is 4. The zero-order valence-electron chi connectivity index (χ0n) is 16.6. The van der Waals surface area contributed by atoms with Crippen LogP contribution in [0.25, 0.3) is 0 Å². The van der Waals surface area contributed by atoms with Crippen LogP contribution in [0.1, 0.15) is 53.4 Å². The van der Waals surface area contributed by atoms with Crippen molar-refractivity contribution in [3.05, 3.63) is 23.2 Å². The Labute approximate surface area is 162 Å². The lowest BCUT2D eigenvalue weighted by atomic mass is 9.97. The molecule has 0 aliphatic heterocycles. The van der Waals surface area contributed by atoms with Gasteiger partial charge in [-0.2, -0.15) is 0 Å². The van der Waals surface area contributed by atoms with Gasteiger partial charge < -0.3 is 19.5 Å². The van der Waals surface area contributed by atoms with Gasteiger partial charge in [-0.3, -0.25) is 4.79 Å². The summed E-state index contributed by atoms with van der Waals surface area (Å²) in [5.74, 6) is 0.405. The number of unbranched alkanes of at least 4 members (excludes halogenated alkanes) is 1. The van der Waals surface area contributed by atoms with E-state index >= 15 is 0 Å². The van der Waals surface area contributed by atoms with E-state index in [4.69, 9.17) is 25.8 Å². The van der Waals surface area contributed by atoms with Gasteiger partial charge in [0.15, 0.2) is 0 Å². The van der Waals surface area contributed by atoms with Crippen molar-refractivity contribution in [3.8, 4) is 5.75 Å². The van der Waals surface area contributed by atoms with Crippen molar-refractivity contribution in [2.24, 2.45) is 0 Å². The lowest BCUT2D eigenvalue weighted by Crippen LogP contribution is -2.43. The van der Waals surface area contributed by atoms with Gasteiger partial charge in [-0.05, 0) is 44.9 Å². The Morgan fingerprint density at radius 1 is 1.31 bits per heavy atom. The van der Waals surface area contributed by atoms with Gasteiger partial charge >= 0.3 is 0 Å². The number of amides is 1. The van der Waals surface area contributed by atoms with Crippen LogP contribution in [0.15, 0.2) is 18.2 Å². The summed E-state index contributed by atoms with van der Waals surface area (Å²) < 4.78 is 16.6. The average Bonchev–Trinajstić information content (AvgIpc) is 2.60. The summed E-state index contributed by atoms with van der Waals surface area (Å²) >= 11 is 6.29. The summed E-state index contributed by atoms with van der Waals surface area (Å²) in [4.78, 5) is 12.8. The molecule has 1 amide bonds. The molecule has 1 rings (SSSR count). The van der Waals surface area contributed by atoms with Gasteiger partial charge in [0.1, 0.15) is 17.5 Å². The summed E-state index contributed by atoms with van der Waals surface area (Å²) in [7, 11) is 1.62. The quantitative estimate of drug-likeness (QED) is 0.545. The molecule has 148 valence electrons. The third kappa shape index (κ3) is 7.14. The zero-order valence-corrected chi connectivity index (χ0v) is 17.3. The number of carbonyl (C=O) groups excluding carboxylic acids is 1. The van der Waals surface area contributed by atoms with E-state index in [9.17, 15) is 4.79 Å². The van der Waals surface area contributed by atoms with E-state index in [0.717, 1.165) is 19.3 Å². The van der Waals surface area contributed by atoms with Crippen molar-refractivity contribution in [2.45, 2.75) is 65.1 Å². The topological polar surface area (TPSA) is 56.8 Å². The van der Waals surface area contributed by atoms with Crippen molar-refractivity contribution in [3.63, 3.8) is 0 Å². The van der Waals surface area contributed by atoms with Crippen molar-refractivity contribution in [1.29, 1.82) is 0 Å². The maximum atomic E-state index is 12.8. The molecule has 1 aromatic carbocycles. The summed E-state index contributed by atoms with van der Waals surface area (Å²) in [5, 5.41) is 3.36. The van der Waals surface area contributed by atoms with Crippen LogP contribution in [0.4, 0.5) is 5.69 Å². The molecule has 1 aromatic rings. The number of hydrogen-bond donors (Lipinski definition) is 1. The van der Waals surface area contributed by atoms with Gasteiger partial charge in [0.25, 0.3) is 5.91 Å². The fraction of sp³-hybridized carbons (Fsp3) is 0.650. The van der Waals surface area contributed by atoms with Gasteiger partial charge in [-0.1, -0.05) is 38.3 Å². The lowest BCUT2D eigenvalue weighted by Gasteiger charge is -2.28. The van der Waals surface area contributed by atoms with Crippen LogP contribution in [0.2, 0.25) is 5.02 Å². The zero-order chi connectivity index (χ0) is 19.6. The Morgan fingerprint density at radius 3 is 2.62 bits per heavy atom. The molecule has 0 radical (unpaired) electrons. The van der Waals surface area contributed by atoms with Gasteiger partial charge in [0, 0.05) is 19.4 Å². The predicted molar refractivity (Wildman–Crippen MR) is 106 cm³/mol. The molecule has 26 heavy (non-hydrogen) atoms. The number of halogens is 1. The molecule has 1 N–H and O–H groups in total. The van der Waals surface area contributed by atoms with E-state index in [0.29, 0.717) is 36.1 Å². The third-order valence-corrected chi connectivity index (χ3v) is 4.33. The molecule has 0 fully saturated rings. The molecule has 0 saturated heterocycles. The molecule has 0 saturated carbocycles. The molecule has 2 atom stereocenters. The Kier molecular flexibility index (Phi) is 9.99. The highest BCUT2D eigenvalue weighted by Gasteiger charge is 2.33. The van der Waals surface area contributed by atoms with E-state index in [-0.39, 0.29) is 12.0 Å². The van der Waals surface area contributed by atoms with Crippen molar-refractivity contribution >= 4 is 23.2 Å². The fourth-order valence-electron chi connectivity index (χ4n) is 2.52. The Balaban J connectivity index is 2.81. The van der Waals surface area contributed by atoms with E-state index in [2.05, 4.69) is 12.2 Å². The average molecular weight is 386 g/mol. The molecular weight excluding hydrogens is 354 g/mol. The molecule has 0 aliphatic rings. The normalized spacial score (nSPS) is 14.5. The number of rotatable bonds is 12. The van der Waals surface area contributed by atoms with Crippen LogP contribution >= 0.6 is 11.6 Å². The Bertz CT molecular complexity index is 557.